The number of rotatable bonds is 6. The molecule has 0 saturated carbocycles. The third kappa shape index (κ3) is 3.28. The fraction of sp³-hybridized carbons (Fsp3) is 0.471. The van der Waals surface area contributed by atoms with Gasteiger partial charge in [0.1, 0.15) is 5.58 Å². The Labute approximate surface area is 120 Å². The van der Waals surface area contributed by atoms with E-state index < -0.39 is 0 Å². The summed E-state index contributed by atoms with van der Waals surface area (Å²) in [7, 11) is 0. The zero-order valence-corrected chi connectivity index (χ0v) is 12.5. The monoisotopic (exact) mass is 273 g/mol. The first-order valence-electron chi connectivity index (χ1n) is 7.15. The molecule has 2 aromatic rings. The maximum absolute atomic E-state index is 12.3. The van der Waals surface area contributed by atoms with Crippen molar-refractivity contribution in [2.24, 2.45) is 11.1 Å². The lowest BCUT2D eigenvalue weighted by molar-refractivity contribution is 0.0936. The molecule has 0 aliphatic rings. The number of carbonyl (C=O) groups is 1. The van der Waals surface area contributed by atoms with Crippen molar-refractivity contribution in [1.82, 2.24) is 0 Å². The molecule has 0 bridgehead atoms. The lowest BCUT2D eigenvalue weighted by Crippen LogP contribution is -2.18. The first-order chi connectivity index (χ1) is 9.43. The normalized spacial score (nSPS) is 12.0. The number of Topliss-reactive ketones (excluding diaryl/α,β-unsaturated/α-hetero) is 1. The second-order valence-electron chi connectivity index (χ2n) is 6.23. The molecule has 0 atom stereocenters. The van der Waals surface area contributed by atoms with Crippen LogP contribution in [0.3, 0.4) is 0 Å². The maximum Gasteiger partial charge on any atom is 0.198 e. The van der Waals surface area contributed by atoms with E-state index in [1.807, 2.05) is 31.2 Å². The molecule has 20 heavy (non-hydrogen) atoms. The fourth-order valence-electron chi connectivity index (χ4n) is 2.44. The Hall–Kier alpha value is -1.61. The third-order valence-electron chi connectivity index (χ3n) is 3.87. The summed E-state index contributed by atoms with van der Waals surface area (Å²) in [6.07, 6.45) is 2.27. The van der Waals surface area contributed by atoms with E-state index in [-0.39, 0.29) is 11.2 Å². The molecule has 108 valence electrons. The number of para-hydroxylation sites is 1. The van der Waals surface area contributed by atoms with Gasteiger partial charge in [0.25, 0.3) is 0 Å². The number of benzene rings is 1. The highest BCUT2D eigenvalue weighted by molar-refractivity contribution is 5.98. The molecule has 3 heteroatoms. The smallest absolute Gasteiger partial charge is 0.198 e. The number of furan rings is 1. The fourth-order valence-corrected chi connectivity index (χ4v) is 2.44. The van der Waals surface area contributed by atoms with E-state index in [9.17, 15) is 4.79 Å². The van der Waals surface area contributed by atoms with Crippen LogP contribution in [0.2, 0.25) is 0 Å². The van der Waals surface area contributed by atoms with Gasteiger partial charge in [-0.2, -0.15) is 0 Å². The van der Waals surface area contributed by atoms with Gasteiger partial charge in [-0.3, -0.25) is 4.79 Å². The van der Waals surface area contributed by atoms with Crippen LogP contribution in [0, 0.1) is 12.3 Å². The zero-order valence-electron chi connectivity index (χ0n) is 12.5. The minimum atomic E-state index is 0.0747. The van der Waals surface area contributed by atoms with E-state index in [0.717, 1.165) is 29.4 Å². The Morgan fingerprint density at radius 1 is 1.30 bits per heavy atom. The van der Waals surface area contributed by atoms with E-state index in [0.29, 0.717) is 18.7 Å². The highest BCUT2D eigenvalue weighted by Crippen LogP contribution is 2.28. The molecule has 1 heterocycles. The summed E-state index contributed by atoms with van der Waals surface area (Å²) < 4.78 is 5.71. The third-order valence-corrected chi connectivity index (χ3v) is 3.87. The topological polar surface area (TPSA) is 56.2 Å². The number of carbonyl (C=O) groups excluding carboxylic acids is 1. The van der Waals surface area contributed by atoms with Gasteiger partial charge in [-0.15, -0.1) is 0 Å². The van der Waals surface area contributed by atoms with Gasteiger partial charge in [0, 0.05) is 11.8 Å². The van der Waals surface area contributed by atoms with Gasteiger partial charge >= 0.3 is 0 Å². The number of ketones is 1. The molecule has 0 unspecified atom stereocenters. The van der Waals surface area contributed by atoms with Crippen molar-refractivity contribution in [3.05, 3.63) is 35.6 Å². The largest absolute Gasteiger partial charge is 0.453 e. The lowest BCUT2D eigenvalue weighted by Gasteiger charge is -2.22. The van der Waals surface area contributed by atoms with Gasteiger partial charge in [0.15, 0.2) is 11.5 Å². The van der Waals surface area contributed by atoms with Gasteiger partial charge in [0.05, 0.1) is 0 Å². The van der Waals surface area contributed by atoms with E-state index in [1.165, 1.54) is 0 Å². The average Bonchev–Trinajstić information content (AvgIpc) is 2.81. The quantitative estimate of drug-likeness (QED) is 0.807. The van der Waals surface area contributed by atoms with Crippen molar-refractivity contribution in [3.63, 3.8) is 0 Å². The predicted molar refractivity (Wildman–Crippen MR) is 82.0 cm³/mol. The highest BCUT2D eigenvalue weighted by atomic mass is 16.3. The second kappa shape index (κ2) is 5.80. The van der Waals surface area contributed by atoms with Crippen molar-refractivity contribution in [2.75, 3.05) is 6.54 Å². The number of hydrogen-bond donors (Lipinski definition) is 1. The summed E-state index contributed by atoms with van der Waals surface area (Å²) in [6.45, 7) is 6.95. The molecule has 0 radical (unpaired) electrons. The summed E-state index contributed by atoms with van der Waals surface area (Å²) in [5, 5.41) is 0.995. The maximum atomic E-state index is 12.3. The van der Waals surface area contributed by atoms with Crippen LogP contribution in [0.25, 0.3) is 11.0 Å². The van der Waals surface area contributed by atoms with Crippen LogP contribution in [0.1, 0.15) is 49.2 Å². The van der Waals surface area contributed by atoms with Crippen LogP contribution >= 0.6 is 0 Å². The molecule has 0 saturated heterocycles. The first kappa shape index (κ1) is 14.8. The van der Waals surface area contributed by atoms with E-state index in [1.54, 1.807) is 0 Å². The molecule has 2 N–H and O–H groups in total. The van der Waals surface area contributed by atoms with Gasteiger partial charge in [-0.05, 0) is 43.4 Å². The van der Waals surface area contributed by atoms with Crippen LogP contribution in [0.15, 0.2) is 28.7 Å². The average molecular weight is 273 g/mol. The molecular formula is C17H23NO2. The van der Waals surface area contributed by atoms with Gasteiger partial charge in [0.2, 0.25) is 0 Å². The molecule has 0 aliphatic heterocycles. The molecular weight excluding hydrogens is 250 g/mol. The molecule has 3 nitrogen and oxygen atoms in total. The van der Waals surface area contributed by atoms with E-state index in [4.69, 9.17) is 10.2 Å². The number of fused-ring (bicyclic) bond motifs is 1. The molecule has 1 aromatic carbocycles. The predicted octanol–water partition coefficient (Wildman–Crippen LogP) is 4.08. The van der Waals surface area contributed by atoms with Gasteiger partial charge < -0.3 is 10.2 Å². The van der Waals surface area contributed by atoms with Crippen molar-refractivity contribution < 1.29 is 9.21 Å². The van der Waals surface area contributed by atoms with Crippen LogP contribution in [-0.2, 0) is 0 Å². The Balaban J connectivity index is 2.10. The van der Waals surface area contributed by atoms with Crippen molar-refractivity contribution in [3.8, 4) is 0 Å². The molecule has 0 amide bonds. The summed E-state index contributed by atoms with van der Waals surface area (Å²) >= 11 is 0. The summed E-state index contributed by atoms with van der Waals surface area (Å²) in [4.78, 5) is 12.3. The van der Waals surface area contributed by atoms with Crippen molar-refractivity contribution in [1.29, 1.82) is 0 Å². The van der Waals surface area contributed by atoms with Crippen LogP contribution in [0.5, 0.6) is 0 Å². The molecule has 0 fully saturated rings. The molecule has 1 aromatic heterocycles. The molecule has 2 rings (SSSR count). The minimum Gasteiger partial charge on any atom is -0.453 e. The first-order valence-corrected chi connectivity index (χ1v) is 7.15. The highest BCUT2D eigenvalue weighted by Gasteiger charge is 2.20. The van der Waals surface area contributed by atoms with Gasteiger partial charge in [-0.25, -0.2) is 0 Å². The standard InChI is InChI=1S/C17H23NO2/c1-12-5-4-6-13-11-15(20-16(12)13)14(19)7-8-17(2,3)9-10-18/h4-6,11H,7-10,18H2,1-3H3. The molecule has 0 aliphatic carbocycles. The van der Waals surface area contributed by atoms with Crippen LogP contribution in [-0.4, -0.2) is 12.3 Å². The van der Waals surface area contributed by atoms with Gasteiger partial charge in [-0.1, -0.05) is 32.0 Å². The van der Waals surface area contributed by atoms with Crippen molar-refractivity contribution >= 4 is 16.8 Å². The summed E-state index contributed by atoms with van der Waals surface area (Å²) in [5.41, 5.74) is 7.58. The SMILES string of the molecule is Cc1cccc2cc(C(=O)CCC(C)(C)CCN)oc12. The molecule has 0 spiro atoms. The number of nitrogens with two attached hydrogens (primary N) is 1. The van der Waals surface area contributed by atoms with Crippen LogP contribution < -0.4 is 5.73 Å². The van der Waals surface area contributed by atoms with E-state index in [2.05, 4.69) is 13.8 Å². The van der Waals surface area contributed by atoms with E-state index >= 15 is 0 Å². The summed E-state index contributed by atoms with van der Waals surface area (Å²) in [6, 6.07) is 7.79. The lowest BCUT2D eigenvalue weighted by atomic mass is 9.83. The summed E-state index contributed by atoms with van der Waals surface area (Å²) in [5.74, 6) is 0.545. The Morgan fingerprint density at radius 2 is 2.05 bits per heavy atom. The Bertz CT molecular complexity index is 610. The van der Waals surface area contributed by atoms with Crippen LogP contribution in [0.4, 0.5) is 0 Å². The Kier molecular flexibility index (Phi) is 4.29. The van der Waals surface area contributed by atoms with Crippen molar-refractivity contribution in [2.45, 2.75) is 40.0 Å². The Morgan fingerprint density at radius 3 is 2.70 bits per heavy atom. The minimum absolute atomic E-state index is 0.0747. The zero-order chi connectivity index (χ0) is 14.8. The second-order valence-corrected chi connectivity index (χ2v) is 6.23. The number of hydrogen-bond acceptors (Lipinski definition) is 3. The number of aryl methyl sites for hydroxylation is 1.